The zero-order valence-electron chi connectivity index (χ0n) is 11.2. The van der Waals surface area contributed by atoms with E-state index in [9.17, 15) is 30.0 Å². The van der Waals surface area contributed by atoms with Gasteiger partial charge in [-0.25, -0.2) is 21.6 Å². The molecule has 0 saturated heterocycles. The molecule has 23 heavy (non-hydrogen) atoms. The van der Waals surface area contributed by atoms with Crippen LogP contribution in [0.1, 0.15) is 5.56 Å². The van der Waals surface area contributed by atoms with Gasteiger partial charge in [0.2, 0.25) is 0 Å². The van der Waals surface area contributed by atoms with Gasteiger partial charge in [-0.05, 0) is 11.6 Å². The minimum Gasteiger partial charge on any atom is -0.282 e. The summed E-state index contributed by atoms with van der Waals surface area (Å²) in [6.45, 7) is 0. The van der Waals surface area contributed by atoms with E-state index in [0.717, 1.165) is 12.1 Å². The highest BCUT2D eigenvalue weighted by molar-refractivity contribution is 7.90. The summed E-state index contributed by atoms with van der Waals surface area (Å²) in [6.07, 6.45) is 0. The van der Waals surface area contributed by atoms with Crippen LogP contribution in [-0.2, 0) is 25.7 Å². The third-order valence-electron chi connectivity index (χ3n) is 2.87. The van der Waals surface area contributed by atoms with Crippen LogP contribution >= 0.6 is 0 Å². The Hall–Kier alpha value is -1.91. The summed E-state index contributed by atoms with van der Waals surface area (Å²) in [5.74, 6) is -5.65. The molecule has 2 aromatic carbocycles. The normalized spacial score (nSPS) is 12.3. The van der Waals surface area contributed by atoms with E-state index in [0.29, 0.717) is 0 Å². The zero-order chi connectivity index (χ0) is 17.4. The van der Waals surface area contributed by atoms with Crippen LogP contribution in [0, 0.1) is 17.5 Å². The van der Waals surface area contributed by atoms with Crippen molar-refractivity contribution in [2.24, 2.45) is 0 Å². The van der Waals surface area contributed by atoms with E-state index in [1.54, 1.807) is 0 Å². The van der Waals surface area contributed by atoms with Crippen molar-refractivity contribution in [3.05, 3.63) is 59.4 Å². The Labute approximate surface area is 130 Å². The number of hydrogen-bond acceptors (Lipinski definition) is 4. The van der Waals surface area contributed by atoms with E-state index in [4.69, 9.17) is 4.55 Å². The molecule has 0 aliphatic carbocycles. The lowest BCUT2D eigenvalue weighted by atomic mass is 10.2. The van der Waals surface area contributed by atoms with E-state index < -0.39 is 53.0 Å². The molecule has 0 atom stereocenters. The van der Waals surface area contributed by atoms with Gasteiger partial charge in [-0.2, -0.15) is 8.42 Å². The minimum atomic E-state index is -4.73. The maximum Gasteiger partial charge on any atom is 0.294 e. The van der Waals surface area contributed by atoms with E-state index in [1.165, 1.54) is 12.1 Å². The number of halogens is 3. The van der Waals surface area contributed by atoms with E-state index in [-0.39, 0.29) is 17.7 Å². The van der Waals surface area contributed by atoms with Gasteiger partial charge < -0.3 is 0 Å². The summed E-state index contributed by atoms with van der Waals surface area (Å²) in [5.41, 5.74) is -0.377. The average Bonchev–Trinajstić information content (AvgIpc) is 2.35. The van der Waals surface area contributed by atoms with Crippen molar-refractivity contribution in [1.82, 2.24) is 0 Å². The van der Waals surface area contributed by atoms with Crippen LogP contribution < -0.4 is 0 Å². The van der Waals surface area contributed by atoms with Gasteiger partial charge in [-0.3, -0.25) is 4.55 Å². The summed E-state index contributed by atoms with van der Waals surface area (Å²) in [7, 11) is -9.39. The van der Waals surface area contributed by atoms with Gasteiger partial charge in [0.1, 0.15) is 22.3 Å². The summed E-state index contributed by atoms with van der Waals surface area (Å²) in [4.78, 5) is -2.07. The van der Waals surface area contributed by atoms with Crippen molar-refractivity contribution in [1.29, 1.82) is 0 Å². The lowest BCUT2D eigenvalue weighted by Gasteiger charge is -2.10. The molecule has 0 fully saturated rings. The monoisotopic (exact) mass is 366 g/mol. The highest BCUT2D eigenvalue weighted by Gasteiger charge is 2.28. The fourth-order valence-corrected chi connectivity index (χ4v) is 4.31. The Morgan fingerprint density at radius 2 is 1.43 bits per heavy atom. The first kappa shape index (κ1) is 17.4. The Morgan fingerprint density at radius 3 is 1.96 bits per heavy atom. The number of rotatable bonds is 4. The van der Waals surface area contributed by atoms with E-state index in [2.05, 4.69) is 0 Å². The molecule has 0 saturated carbocycles. The largest absolute Gasteiger partial charge is 0.294 e. The smallest absolute Gasteiger partial charge is 0.282 e. The van der Waals surface area contributed by atoms with Crippen molar-refractivity contribution < 1.29 is 34.6 Å². The summed E-state index contributed by atoms with van der Waals surface area (Å²) >= 11 is 0. The first-order chi connectivity index (χ1) is 10.5. The molecule has 1 N–H and O–H groups in total. The van der Waals surface area contributed by atoms with Gasteiger partial charge in [-0.15, -0.1) is 0 Å². The number of sulfone groups is 1. The Balaban J connectivity index is 2.58. The quantitative estimate of drug-likeness (QED) is 0.663. The molecule has 124 valence electrons. The van der Waals surface area contributed by atoms with Gasteiger partial charge in [0.15, 0.2) is 9.84 Å². The predicted molar refractivity (Wildman–Crippen MR) is 73.5 cm³/mol. The molecule has 0 aliphatic heterocycles. The fourth-order valence-electron chi connectivity index (χ4n) is 1.98. The molecule has 2 rings (SSSR count). The van der Waals surface area contributed by atoms with Gasteiger partial charge in [0.25, 0.3) is 10.1 Å². The van der Waals surface area contributed by atoms with Crippen LogP contribution in [0.5, 0.6) is 0 Å². The Kier molecular flexibility index (Phi) is 4.51. The predicted octanol–water partition coefficient (Wildman–Crippen LogP) is 2.32. The van der Waals surface area contributed by atoms with Crippen LogP contribution in [0.2, 0.25) is 0 Å². The maximum absolute atomic E-state index is 13.6. The molecule has 0 bridgehead atoms. The van der Waals surface area contributed by atoms with Crippen molar-refractivity contribution in [2.45, 2.75) is 15.5 Å². The summed E-state index contributed by atoms with van der Waals surface area (Å²) in [6, 6.07) is 4.93. The lowest BCUT2D eigenvalue weighted by Crippen LogP contribution is -2.13. The molecule has 2 aromatic rings. The Morgan fingerprint density at radius 1 is 0.913 bits per heavy atom. The standard InChI is InChI=1S/C13H9F3O5S2/c14-9-5-10(15)13(11(16)6-9)22(17,18)7-8-3-1-2-4-12(8)23(19,20)21/h1-6H,7H2,(H,19,20,21). The van der Waals surface area contributed by atoms with Crippen LogP contribution in [0.25, 0.3) is 0 Å². The second kappa shape index (κ2) is 5.95. The second-order valence-corrected chi connectivity index (χ2v) is 7.86. The average molecular weight is 366 g/mol. The molecule has 0 aliphatic rings. The topological polar surface area (TPSA) is 88.5 Å². The molecule has 0 heterocycles. The number of hydrogen-bond donors (Lipinski definition) is 1. The lowest BCUT2D eigenvalue weighted by molar-refractivity contribution is 0.482. The minimum absolute atomic E-state index is 0.199. The van der Waals surface area contributed by atoms with Gasteiger partial charge >= 0.3 is 0 Å². The van der Waals surface area contributed by atoms with Crippen molar-refractivity contribution in [3.63, 3.8) is 0 Å². The summed E-state index contributed by atoms with van der Waals surface area (Å²) in [5, 5.41) is 0. The first-order valence-corrected chi connectivity index (χ1v) is 9.04. The molecule has 0 aromatic heterocycles. The molecule has 0 spiro atoms. The molecule has 0 unspecified atom stereocenters. The molecule has 0 amide bonds. The van der Waals surface area contributed by atoms with Crippen molar-refractivity contribution >= 4 is 20.0 Å². The third-order valence-corrected chi connectivity index (χ3v) is 5.53. The van der Waals surface area contributed by atoms with Crippen LogP contribution in [-0.4, -0.2) is 21.4 Å². The third kappa shape index (κ3) is 3.71. The molecular weight excluding hydrogens is 357 g/mol. The zero-order valence-corrected chi connectivity index (χ0v) is 12.8. The summed E-state index contributed by atoms with van der Waals surface area (Å²) < 4.78 is 95.9. The molecule has 0 radical (unpaired) electrons. The Bertz CT molecular complexity index is 946. The van der Waals surface area contributed by atoms with Gasteiger partial charge in [0.05, 0.1) is 10.6 Å². The van der Waals surface area contributed by atoms with Crippen LogP contribution in [0.3, 0.4) is 0 Å². The van der Waals surface area contributed by atoms with Gasteiger partial charge in [-0.1, -0.05) is 18.2 Å². The van der Waals surface area contributed by atoms with Crippen molar-refractivity contribution in [3.8, 4) is 0 Å². The first-order valence-electron chi connectivity index (χ1n) is 5.95. The molecule has 5 nitrogen and oxygen atoms in total. The second-order valence-electron chi connectivity index (χ2n) is 4.54. The van der Waals surface area contributed by atoms with Crippen LogP contribution in [0.15, 0.2) is 46.2 Å². The molecule has 10 heteroatoms. The number of benzene rings is 2. The molecular formula is C13H9F3O5S2. The van der Waals surface area contributed by atoms with Gasteiger partial charge in [0, 0.05) is 12.1 Å². The van der Waals surface area contributed by atoms with E-state index >= 15 is 0 Å². The van der Waals surface area contributed by atoms with E-state index in [1.807, 2.05) is 0 Å². The van der Waals surface area contributed by atoms with Crippen molar-refractivity contribution in [2.75, 3.05) is 0 Å². The highest BCUT2D eigenvalue weighted by atomic mass is 32.2. The SMILES string of the molecule is O=S(=O)(O)c1ccccc1CS(=O)(=O)c1c(F)cc(F)cc1F. The maximum atomic E-state index is 13.6. The fraction of sp³-hybridized carbons (Fsp3) is 0.0769. The highest BCUT2D eigenvalue weighted by Crippen LogP contribution is 2.26. The van der Waals surface area contributed by atoms with Crippen LogP contribution in [0.4, 0.5) is 13.2 Å².